The second kappa shape index (κ2) is 8.58. The van der Waals surface area contributed by atoms with Gasteiger partial charge in [-0.3, -0.25) is 0 Å². The van der Waals surface area contributed by atoms with E-state index in [1.165, 1.54) is 28.0 Å². The summed E-state index contributed by atoms with van der Waals surface area (Å²) in [4.78, 5) is 0. The summed E-state index contributed by atoms with van der Waals surface area (Å²) in [6, 6.07) is 4.34. The third-order valence-corrected chi connectivity index (χ3v) is 2.66. The largest absolute Gasteiger partial charge is 0.106 e. The summed E-state index contributed by atoms with van der Waals surface area (Å²) < 4.78 is 0. The van der Waals surface area contributed by atoms with Crippen molar-refractivity contribution in [3.05, 3.63) is 52.9 Å². The van der Waals surface area contributed by atoms with E-state index in [4.69, 9.17) is 0 Å². The average molecular weight is 228 g/mol. The molecule has 0 spiro atoms. The molecule has 0 atom stereocenters. The highest BCUT2D eigenvalue weighted by Crippen LogP contribution is 2.07. The fourth-order valence-electron chi connectivity index (χ4n) is 1.88. The monoisotopic (exact) mass is 228 g/mol. The van der Waals surface area contributed by atoms with E-state index in [2.05, 4.69) is 70.9 Å². The Labute approximate surface area is 106 Å². The predicted molar refractivity (Wildman–Crippen MR) is 81.3 cm³/mol. The Hall–Kier alpha value is -1.56. The van der Waals surface area contributed by atoms with Gasteiger partial charge < -0.3 is 0 Å². The molecule has 0 aromatic heterocycles. The van der Waals surface area contributed by atoms with Gasteiger partial charge in [0.2, 0.25) is 0 Å². The first-order valence-electron chi connectivity index (χ1n) is 6.14. The van der Waals surface area contributed by atoms with Crippen LogP contribution in [0.3, 0.4) is 0 Å². The molecule has 0 fully saturated rings. The molecule has 0 saturated carbocycles. The molecule has 0 nitrogen and oxygen atoms in total. The fourth-order valence-corrected chi connectivity index (χ4v) is 1.88. The molecular formula is C17H24. The summed E-state index contributed by atoms with van der Waals surface area (Å²) >= 11 is 0. The smallest absolute Gasteiger partial charge is 0.0221 e. The zero-order valence-corrected chi connectivity index (χ0v) is 11.4. The highest BCUT2D eigenvalue weighted by Gasteiger charge is 2.00. The Bertz CT molecular complexity index is 464. The Morgan fingerprint density at radius 2 is 1.82 bits per heavy atom. The van der Waals surface area contributed by atoms with Crippen LogP contribution in [0.4, 0.5) is 0 Å². The molecule has 1 rings (SSSR count). The van der Waals surface area contributed by atoms with Crippen LogP contribution >= 0.6 is 0 Å². The topological polar surface area (TPSA) is 0 Å². The van der Waals surface area contributed by atoms with Crippen LogP contribution in [0.25, 0.3) is 18.7 Å². The normalized spacial score (nSPS) is 11.4. The summed E-state index contributed by atoms with van der Waals surface area (Å²) in [5.41, 5.74) is 2.71. The average Bonchev–Trinajstić information content (AvgIpc) is 2.37. The lowest BCUT2D eigenvalue weighted by atomic mass is 9.99. The van der Waals surface area contributed by atoms with Crippen molar-refractivity contribution in [2.75, 3.05) is 0 Å². The highest BCUT2D eigenvalue weighted by molar-refractivity contribution is 5.54. The number of benzene rings is 1. The highest BCUT2D eigenvalue weighted by atomic mass is 14.0. The van der Waals surface area contributed by atoms with Crippen LogP contribution in [0.1, 0.15) is 38.3 Å². The van der Waals surface area contributed by atoms with Crippen LogP contribution in [-0.4, -0.2) is 0 Å². The Morgan fingerprint density at radius 1 is 1.18 bits per heavy atom. The van der Waals surface area contributed by atoms with Crippen molar-refractivity contribution in [3.8, 4) is 0 Å². The Kier molecular flexibility index (Phi) is 7.79. The van der Waals surface area contributed by atoms with Crippen molar-refractivity contribution in [1.82, 2.24) is 0 Å². The molecule has 0 heterocycles. The number of hydrogen-bond donors (Lipinski definition) is 0. The first kappa shape index (κ1) is 15.4. The fraction of sp³-hybridized carbons (Fsp3) is 0.294. The number of allylic oxidation sites excluding steroid dienone is 1. The van der Waals surface area contributed by atoms with Crippen molar-refractivity contribution in [2.45, 2.75) is 33.6 Å². The van der Waals surface area contributed by atoms with E-state index in [0.717, 1.165) is 6.42 Å². The van der Waals surface area contributed by atoms with E-state index < -0.39 is 0 Å². The van der Waals surface area contributed by atoms with Crippen LogP contribution in [0.5, 0.6) is 0 Å². The van der Waals surface area contributed by atoms with Gasteiger partial charge in [0.05, 0.1) is 0 Å². The zero-order valence-electron chi connectivity index (χ0n) is 11.4. The van der Waals surface area contributed by atoms with Gasteiger partial charge in [-0.05, 0) is 41.8 Å². The maximum atomic E-state index is 4.19. The molecule has 92 valence electrons. The third kappa shape index (κ3) is 4.07. The van der Waals surface area contributed by atoms with Gasteiger partial charge in [-0.15, -0.1) is 13.2 Å². The zero-order chi connectivity index (χ0) is 13.3. The van der Waals surface area contributed by atoms with Gasteiger partial charge in [-0.1, -0.05) is 50.3 Å². The predicted octanol–water partition coefficient (Wildman–Crippen LogP) is 3.69. The van der Waals surface area contributed by atoms with Crippen LogP contribution in [0.15, 0.2) is 31.4 Å². The summed E-state index contributed by atoms with van der Waals surface area (Å²) in [7, 11) is 0. The van der Waals surface area contributed by atoms with Crippen molar-refractivity contribution in [3.63, 3.8) is 0 Å². The van der Waals surface area contributed by atoms with Crippen molar-refractivity contribution in [2.24, 2.45) is 0 Å². The summed E-state index contributed by atoms with van der Waals surface area (Å²) in [6.07, 6.45) is 8.66. The van der Waals surface area contributed by atoms with Gasteiger partial charge >= 0.3 is 0 Å². The van der Waals surface area contributed by atoms with Crippen molar-refractivity contribution in [1.29, 1.82) is 0 Å². The van der Waals surface area contributed by atoms with Crippen LogP contribution < -0.4 is 10.4 Å². The summed E-state index contributed by atoms with van der Waals surface area (Å²) in [5, 5.41) is 2.45. The first-order valence-corrected chi connectivity index (χ1v) is 6.14. The second-order valence-electron chi connectivity index (χ2n) is 3.74. The molecule has 0 aliphatic carbocycles. The molecule has 1 aromatic rings. The number of rotatable bonds is 3. The molecule has 17 heavy (non-hydrogen) atoms. The van der Waals surface area contributed by atoms with Gasteiger partial charge in [-0.2, -0.15) is 0 Å². The van der Waals surface area contributed by atoms with Crippen LogP contribution in [0, 0.1) is 0 Å². The van der Waals surface area contributed by atoms with Crippen molar-refractivity contribution >= 4 is 18.7 Å². The minimum atomic E-state index is 1.11. The molecule has 0 bridgehead atoms. The summed E-state index contributed by atoms with van der Waals surface area (Å²) in [5.74, 6) is 0. The standard InChI is InChI=1S/C15H20.C2H4/c1-5-8-14-11-10-13(7-3)12(4)15(14)9-6-2;1-2/h5,7-8,10-11H,4,6,9H2,1-3H3;1-2H2/b8-5-,13-7-;. The molecule has 0 amide bonds. The SMILES string of the molecule is C=C.C=c1c(CCC)c(/C=C\C)cc/c1=C/C. The van der Waals surface area contributed by atoms with E-state index in [1.54, 1.807) is 0 Å². The van der Waals surface area contributed by atoms with Crippen LogP contribution in [0.2, 0.25) is 0 Å². The van der Waals surface area contributed by atoms with E-state index in [1.807, 2.05) is 0 Å². The minimum Gasteiger partial charge on any atom is -0.106 e. The quantitative estimate of drug-likeness (QED) is 0.692. The molecular weight excluding hydrogens is 204 g/mol. The van der Waals surface area contributed by atoms with E-state index in [9.17, 15) is 0 Å². The molecule has 0 heteroatoms. The Balaban J connectivity index is 0.00000121. The maximum absolute atomic E-state index is 4.19. The van der Waals surface area contributed by atoms with Gasteiger partial charge in [0.1, 0.15) is 0 Å². The van der Waals surface area contributed by atoms with Gasteiger partial charge in [-0.25, -0.2) is 0 Å². The molecule has 0 saturated heterocycles. The third-order valence-electron chi connectivity index (χ3n) is 2.66. The van der Waals surface area contributed by atoms with E-state index >= 15 is 0 Å². The molecule has 0 unspecified atom stereocenters. The molecule has 0 aliphatic rings. The molecule has 0 radical (unpaired) electrons. The van der Waals surface area contributed by atoms with Gasteiger partial charge in [0.15, 0.2) is 0 Å². The molecule has 1 aromatic carbocycles. The minimum absolute atomic E-state index is 1.11. The second-order valence-corrected chi connectivity index (χ2v) is 3.74. The lowest BCUT2D eigenvalue weighted by Gasteiger charge is -2.06. The Morgan fingerprint density at radius 3 is 2.29 bits per heavy atom. The number of hydrogen-bond acceptors (Lipinski definition) is 0. The molecule has 0 N–H and O–H groups in total. The lowest BCUT2D eigenvalue weighted by Crippen LogP contribution is -2.27. The molecule has 0 aliphatic heterocycles. The van der Waals surface area contributed by atoms with E-state index in [0.29, 0.717) is 0 Å². The lowest BCUT2D eigenvalue weighted by molar-refractivity contribution is 0.911. The maximum Gasteiger partial charge on any atom is -0.0221 e. The van der Waals surface area contributed by atoms with Gasteiger partial charge in [0.25, 0.3) is 0 Å². The van der Waals surface area contributed by atoms with Gasteiger partial charge in [0, 0.05) is 0 Å². The van der Waals surface area contributed by atoms with Crippen molar-refractivity contribution < 1.29 is 0 Å². The van der Waals surface area contributed by atoms with Crippen LogP contribution in [-0.2, 0) is 6.42 Å². The van der Waals surface area contributed by atoms with E-state index in [-0.39, 0.29) is 0 Å². The first-order chi connectivity index (χ1) is 8.24. The summed E-state index contributed by atoms with van der Waals surface area (Å²) in [6.45, 7) is 16.5.